The third-order valence-corrected chi connectivity index (χ3v) is 2.50. The summed E-state index contributed by atoms with van der Waals surface area (Å²) in [6.07, 6.45) is 0.652. The Labute approximate surface area is 134 Å². The highest BCUT2D eigenvalue weighted by Gasteiger charge is 2.15. The van der Waals surface area contributed by atoms with Gasteiger partial charge in [0.1, 0.15) is 5.60 Å². The second-order valence-electron chi connectivity index (χ2n) is 6.45. The average molecular weight is 319 g/mol. The molecule has 0 aliphatic carbocycles. The Bertz CT molecular complexity index is 276. The van der Waals surface area contributed by atoms with Gasteiger partial charge in [-0.05, 0) is 33.1 Å². The third-order valence-electron chi connectivity index (χ3n) is 2.50. The highest BCUT2D eigenvalue weighted by molar-refractivity contribution is 5.67. The van der Waals surface area contributed by atoms with E-state index in [1.807, 2.05) is 20.8 Å². The van der Waals surface area contributed by atoms with E-state index in [1.165, 1.54) is 0 Å². The number of amides is 1. The molecule has 6 heteroatoms. The number of hydrogen-bond acceptors (Lipinski definition) is 5. The molecule has 0 unspecified atom stereocenters. The van der Waals surface area contributed by atoms with Crippen molar-refractivity contribution in [3.8, 4) is 0 Å². The van der Waals surface area contributed by atoms with Gasteiger partial charge in [0, 0.05) is 13.2 Å². The van der Waals surface area contributed by atoms with Gasteiger partial charge in [-0.1, -0.05) is 13.8 Å². The fraction of sp³-hybridized carbons (Fsp3) is 0.938. The lowest BCUT2D eigenvalue weighted by Crippen LogP contribution is -2.34. The largest absolute Gasteiger partial charge is 0.444 e. The lowest BCUT2D eigenvalue weighted by molar-refractivity contribution is 0.0123. The predicted molar refractivity (Wildman–Crippen MR) is 86.1 cm³/mol. The number of hydrogen-bond donors (Lipinski definition) is 1. The molecule has 0 aliphatic rings. The number of alkyl carbamates (subject to hydrolysis) is 1. The monoisotopic (exact) mass is 319 g/mol. The van der Waals surface area contributed by atoms with Gasteiger partial charge in [-0.3, -0.25) is 0 Å². The summed E-state index contributed by atoms with van der Waals surface area (Å²) in [4.78, 5) is 11.3. The van der Waals surface area contributed by atoms with E-state index in [0.717, 1.165) is 13.0 Å². The van der Waals surface area contributed by atoms with Crippen molar-refractivity contribution in [2.45, 2.75) is 46.6 Å². The number of carbonyl (C=O) groups is 1. The van der Waals surface area contributed by atoms with Crippen LogP contribution in [0.4, 0.5) is 4.79 Å². The average Bonchev–Trinajstić information content (AvgIpc) is 2.37. The lowest BCUT2D eigenvalue weighted by atomic mass is 10.1. The van der Waals surface area contributed by atoms with Crippen LogP contribution in [0.15, 0.2) is 0 Å². The fourth-order valence-corrected chi connectivity index (χ4v) is 1.40. The van der Waals surface area contributed by atoms with Crippen LogP contribution in [-0.4, -0.2) is 57.9 Å². The number of ether oxygens (including phenoxy) is 4. The van der Waals surface area contributed by atoms with E-state index in [0.29, 0.717) is 45.5 Å². The zero-order chi connectivity index (χ0) is 16.8. The minimum atomic E-state index is -0.476. The van der Waals surface area contributed by atoms with E-state index in [-0.39, 0.29) is 0 Å². The van der Waals surface area contributed by atoms with Gasteiger partial charge >= 0.3 is 6.09 Å². The van der Waals surface area contributed by atoms with Crippen LogP contribution in [0.25, 0.3) is 0 Å². The Hall–Kier alpha value is -0.850. The van der Waals surface area contributed by atoms with Gasteiger partial charge in [-0.2, -0.15) is 0 Å². The summed E-state index contributed by atoms with van der Waals surface area (Å²) in [5, 5.41) is 2.63. The van der Waals surface area contributed by atoms with Gasteiger partial charge in [0.2, 0.25) is 0 Å². The summed E-state index contributed by atoms with van der Waals surface area (Å²) in [5.41, 5.74) is -0.476. The highest BCUT2D eigenvalue weighted by Crippen LogP contribution is 2.06. The highest BCUT2D eigenvalue weighted by atomic mass is 16.6. The van der Waals surface area contributed by atoms with Crippen molar-refractivity contribution < 1.29 is 23.7 Å². The molecule has 0 heterocycles. The summed E-state index contributed by atoms with van der Waals surface area (Å²) < 4.78 is 21.2. The van der Waals surface area contributed by atoms with Gasteiger partial charge in [-0.25, -0.2) is 4.79 Å². The Morgan fingerprint density at radius 2 is 1.41 bits per heavy atom. The molecule has 0 bridgehead atoms. The van der Waals surface area contributed by atoms with Crippen LogP contribution in [0.5, 0.6) is 0 Å². The molecule has 0 saturated heterocycles. The van der Waals surface area contributed by atoms with E-state index >= 15 is 0 Å². The van der Waals surface area contributed by atoms with Gasteiger partial charge < -0.3 is 24.3 Å². The fourth-order valence-electron chi connectivity index (χ4n) is 1.40. The smallest absolute Gasteiger partial charge is 0.407 e. The first-order valence-electron chi connectivity index (χ1n) is 8.01. The maximum absolute atomic E-state index is 11.3. The molecule has 22 heavy (non-hydrogen) atoms. The van der Waals surface area contributed by atoms with Crippen LogP contribution in [0, 0.1) is 5.92 Å². The van der Waals surface area contributed by atoms with Crippen molar-refractivity contribution in [2.75, 3.05) is 46.2 Å². The molecule has 0 spiro atoms. The minimum Gasteiger partial charge on any atom is -0.444 e. The van der Waals surface area contributed by atoms with Gasteiger partial charge in [0.05, 0.1) is 33.0 Å². The molecule has 0 aromatic rings. The van der Waals surface area contributed by atoms with Crippen LogP contribution in [0.2, 0.25) is 0 Å². The first-order chi connectivity index (χ1) is 10.3. The Morgan fingerprint density at radius 3 is 1.91 bits per heavy atom. The molecular weight excluding hydrogens is 286 g/mol. The molecule has 0 aromatic heterocycles. The SMILES string of the molecule is CC(C)CCOCCOCCOCCNC(=O)OC(C)(C)C. The molecule has 0 saturated carbocycles. The van der Waals surface area contributed by atoms with Crippen molar-refractivity contribution in [3.05, 3.63) is 0 Å². The van der Waals surface area contributed by atoms with Gasteiger partial charge in [-0.15, -0.1) is 0 Å². The van der Waals surface area contributed by atoms with Crippen LogP contribution in [0.3, 0.4) is 0 Å². The summed E-state index contributed by atoms with van der Waals surface area (Å²) in [5.74, 6) is 0.670. The van der Waals surface area contributed by atoms with Crippen molar-refractivity contribution in [1.82, 2.24) is 5.32 Å². The van der Waals surface area contributed by atoms with Crippen molar-refractivity contribution in [3.63, 3.8) is 0 Å². The Kier molecular flexibility index (Phi) is 12.2. The van der Waals surface area contributed by atoms with Crippen molar-refractivity contribution in [2.24, 2.45) is 5.92 Å². The van der Waals surface area contributed by atoms with E-state index in [9.17, 15) is 4.79 Å². The maximum Gasteiger partial charge on any atom is 0.407 e. The molecule has 0 aliphatic heterocycles. The zero-order valence-corrected chi connectivity index (χ0v) is 14.8. The lowest BCUT2D eigenvalue weighted by Gasteiger charge is -2.19. The second kappa shape index (κ2) is 12.7. The molecule has 132 valence electrons. The van der Waals surface area contributed by atoms with Crippen LogP contribution in [-0.2, 0) is 18.9 Å². The summed E-state index contributed by atoms with van der Waals surface area (Å²) in [6, 6.07) is 0. The molecule has 0 radical (unpaired) electrons. The third kappa shape index (κ3) is 17.2. The zero-order valence-electron chi connectivity index (χ0n) is 14.8. The molecule has 0 fully saturated rings. The predicted octanol–water partition coefficient (Wildman–Crippen LogP) is 2.61. The van der Waals surface area contributed by atoms with Crippen molar-refractivity contribution in [1.29, 1.82) is 0 Å². The second-order valence-corrected chi connectivity index (χ2v) is 6.45. The van der Waals surface area contributed by atoms with E-state index in [1.54, 1.807) is 0 Å². The molecule has 0 aromatic carbocycles. The van der Waals surface area contributed by atoms with Crippen LogP contribution >= 0.6 is 0 Å². The number of carbonyl (C=O) groups excluding carboxylic acids is 1. The van der Waals surface area contributed by atoms with Crippen molar-refractivity contribution >= 4 is 6.09 Å². The first kappa shape index (κ1) is 21.1. The number of nitrogens with one attached hydrogen (secondary N) is 1. The van der Waals surface area contributed by atoms with Gasteiger partial charge in [0.15, 0.2) is 0 Å². The molecule has 0 rings (SSSR count). The Balaban J connectivity index is 3.19. The normalized spacial score (nSPS) is 11.7. The number of rotatable bonds is 12. The maximum atomic E-state index is 11.3. The van der Waals surface area contributed by atoms with E-state index in [4.69, 9.17) is 18.9 Å². The molecule has 1 N–H and O–H groups in total. The quantitative estimate of drug-likeness (QED) is 0.560. The summed E-state index contributed by atoms with van der Waals surface area (Å²) in [6.45, 7) is 13.7. The summed E-state index contributed by atoms with van der Waals surface area (Å²) >= 11 is 0. The Morgan fingerprint density at radius 1 is 0.909 bits per heavy atom. The van der Waals surface area contributed by atoms with Gasteiger partial charge in [0.25, 0.3) is 0 Å². The first-order valence-corrected chi connectivity index (χ1v) is 8.01. The topological polar surface area (TPSA) is 66.0 Å². The molecule has 0 atom stereocenters. The molecule has 1 amide bonds. The summed E-state index contributed by atoms with van der Waals surface area (Å²) in [7, 11) is 0. The molecule has 6 nitrogen and oxygen atoms in total. The molecular formula is C16H33NO5. The van der Waals surface area contributed by atoms with Crippen LogP contribution < -0.4 is 5.32 Å². The van der Waals surface area contributed by atoms with E-state index in [2.05, 4.69) is 19.2 Å². The van der Waals surface area contributed by atoms with Crippen LogP contribution in [0.1, 0.15) is 41.0 Å². The van der Waals surface area contributed by atoms with E-state index < -0.39 is 11.7 Å². The standard InChI is InChI=1S/C16H33NO5/c1-14(2)6-8-19-10-12-21-13-11-20-9-7-17-15(18)22-16(3,4)5/h14H,6-13H2,1-5H3,(H,17,18). The minimum absolute atomic E-state index is 0.424.